The summed E-state index contributed by atoms with van der Waals surface area (Å²) in [6.45, 7) is 0. The minimum atomic E-state index is 0.781. The molecule has 6 nitrogen and oxygen atoms in total. The molecule has 0 unspecified atom stereocenters. The van der Waals surface area contributed by atoms with Gasteiger partial charge in [-0.3, -0.25) is 4.57 Å². The molecule has 8 rings (SSSR count). The Hall–Kier alpha value is -6.58. The summed E-state index contributed by atoms with van der Waals surface area (Å²) < 4.78 is 4.46. The summed E-state index contributed by atoms with van der Waals surface area (Å²) in [5.41, 5.74) is 10.5. The molecule has 0 aliphatic heterocycles. The topological polar surface area (TPSA) is 42.1 Å². The van der Waals surface area contributed by atoms with Gasteiger partial charge in [-0.2, -0.15) is 0 Å². The van der Waals surface area contributed by atoms with Crippen LogP contribution in [0.25, 0.3) is 56.0 Å². The average molecular weight is 649 g/mol. The van der Waals surface area contributed by atoms with E-state index in [1.165, 1.54) is 22.1 Å². The van der Waals surface area contributed by atoms with Crippen LogP contribution >= 0.6 is 0 Å². The SMILES string of the molecule is CN(C)c1ccc2c(c1)c1cc(N(C)C)ccc1n2-c1cccc(C#Cc2cccc(-n3c(-c4ccccc4)nnc3-c3ccccc3)c2)c1. The maximum Gasteiger partial charge on any atom is 0.168 e. The number of nitrogens with zero attached hydrogens (tertiary/aromatic N) is 6. The minimum absolute atomic E-state index is 0.781. The number of hydrogen-bond acceptors (Lipinski definition) is 4. The first-order chi connectivity index (χ1) is 24.4. The Labute approximate surface area is 292 Å². The summed E-state index contributed by atoms with van der Waals surface area (Å²) in [7, 11) is 8.33. The van der Waals surface area contributed by atoms with Crippen LogP contribution in [0.1, 0.15) is 11.1 Å². The number of rotatable bonds is 6. The molecule has 242 valence electrons. The van der Waals surface area contributed by atoms with Crippen LogP contribution in [0.3, 0.4) is 0 Å². The molecule has 0 saturated heterocycles. The third-order valence-corrected chi connectivity index (χ3v) is 9.05. The van der Waals surface area contributed by atoms with Gasteiger partial charge in [0.2, 0.25) is 0 Å². The van der Waals surface area contributed by atoms with Crippen molar-refractivity contribution in [3.63, 3.8) is 0 Å². The summed E-state index contributed by atoms with van der Waals surface area (Å²) in [5, 5.41) is 11.7. The van der Waals surface area contributed by atoms with E-state index in [9.17, 15) is 0 Å². The molecular weight excluding hydrogens is 613 g/mol. The molecule has 0 amide bonds. The normalized spacial score (nSPS) is 11.0. The quantitative estimate of drug-likeness (QED) is 0.169. The van der Waals surface area contributed by atoms with Crippen molar-refractivity contribution in [2.45, 2.75) is 0 Å². The van der Waals surface area contributed by atoms with E-state index < -0.39 is 0 Å². The van der Waals surface area contributed by atoms with Crippen molar-refractivity contribution in [1.29, 1.82) is 0 Å². The molecule has 0 aliphatic carbocycles. The zero-order valence-electron chi connectivity index (χ0n) is 28.5. The molecular formula is C44H36N6. The number of aromatic nitrogens is 4. The van der Waals surface area contributed by atoms with Gasteiger partial charge in [0, 0.05) is 78.3 Å². The van der Waals surface area contributed by atoms with Crippen LogP contribution in [0.4, 0.5) is 11.4 Å². The average Bonchev–Trinajstić information content (AvgIpc) is 3.74. The fourth-order valence-electron chi connectivity index (χ4n) is 6.50. The maximum atomic E-state index is 4.64. The Balaban J connectivity index is 1.20. The second-order valence-electron chi connectivity index (χ2n) is 12.8. The first kappa shape index (κ1) is 30.7. The van der Waals surface area contributed by atoms with Crippen LogP contribution in [0.5, 0.6) is 0 Å². The molecule has 6 aromatic carbocycles. The molecule has 2 aromatic heterocycles. The molecule has 8 aromatic rings. The van der Waals surface area contributed by atoms with E-state index in [-0.39, 0.29) is 0 Å². The highest BCUT2D eigenvalue weighted by molar-refractivity contribution is 6.11. The van der Waals surface area contributed by atoms with Gasteiger partial charge >= 0.3 is 0 Å². The number of hydrogen-bond donors (Lipinski definition) is 0. The Morgan fingerprint density at radius 1 is 0.440 bits per heavy atom. The molecule has 0 N–H and O–H groups in total. The second-order valence-corrected chi connectivity index (χ2v) is 12.8. The van der Waals surface area contributed by atoms with Crippen molar-refractivity contribution in [1.82, 2.24) is 19.3 Å². The minimum Gasteiger partial charge on any atom is -0.378 e. The standard InChI is InChI=1S/C44H36N6/c1-47(2)35-23-25-41-39(29-35)40-30-36(48(3)4)24-26-42(40)49(41)37-19-11-13-31(27-37)21-22-32-14-12-20-38(28-32)50-43(33-15-7-5-8-16-33)45-46-44(50)34-17-9-6-10-18-34/h5-20,23-30H,1-4H3. The van der Waals surface area contributed by atoms with Gasteiger partial charge in [-0.25, -0.2) is 0 Å². The van der Waals surface area contributed by atoms with Crippen molar-refractivity contribution in [3.05, 3.63) is 157 Å². The van der Waals surface area contributed by atoms with Crippen LogP contribution in [-0.2, 0) is 0 Å². The van der Waals surface area contributed by atoms with Crippen LogP contribution < -0.4 is 9.80 Å². The maximum absolute atomic E-state index is 4.64. The lowest BCUT2D eigenvalue weighted by Crippen LogP contribution is -2.08. The second kappa shape index (κ2) is 12.8. The van der Waals surface area contributed by atoms with Crippen molar-refractivity contribution in [3.8, 4) is 46.0 Å². The smallest absolute Gasteiger partial charge is 0.168 e. The monoisotopic (exact) mass is 648 g/mol. The predicted molar refractivity (Wildman–Crippen MR) is 208 cm³/mol. The highest BCUT2D eigenvalue weighted by atomic mass is 15.3. The number of fused-ring (bicyclic) bond motifs is 3. The Morgan fingerprint density at radius 2 is 0.880 bits per heavy atom. The van der Waals surface area contributed by atoms with Gasteiger partial charge in [-0.1, -0.05) is 84.6 Å². The van der Waals surface area contributed by atoms with E-state index >= 15 is 0 Å². The van der Waals surface area contributed by atoms with E-state index in [0.29, 0.717) is 0 Å². The molecule has 0 atom stereocenters. The van der Waals surface area contributed by atoms with E-state index in [4.69, 9.17) is 0 Å². The van der Waals surface area contributed by atoms with Crippen molar-refractivity contribution in [2.75, 3.05) is 38.0 Å². The van der Waals surface area contributed by atoms with Crippen LogP contribution in [0.2, 0.25) is 0 Å². The zero-order chi connectivity index (χ0) is 34.2. The van der Waals surface area contributed by atoms with Gasteiger partial charge in [0.25, 0.3) is 0 Å². The zero-order valence-corrected chi connectivity index (χ0v) is 28.5. The van der Waals surface area contributed by atoms with Gasteiger partial charge in [-0.15, -0.1) is 10.2 Å². The first-order valence-corrected chi connectivity index (χ1v) is 16.7. The highest BCUT2D eigenvalue weighted by Crippen LogP contribution is 2.36. The third kappa shape index (κ3) is 5.65. The lowest BCUT2D eigenvalue weighted by atomic mass is 10.1. The fourth-order valence-corrected chi connectivity index (χ4v) is 6.50. The molecule has 0 spiro atoms. The Bertz CT molecular complexity index is 2430. The molecule has 0 aliphatic rings. The molecule has 0 saturated carbocycles. The molecule has 2 heterocycles. The molecule has 6 heteroatoms. The van der Waals surface area contributed by atoms with Crippen molar-refractivity contribution >= 4 is 33.2 Å². The summed E-state index contributed by atoms with van der Waals surface area (Å²) in [6.07, 6.45) is 0. The third-order valence-electron chi connectivity index (χ3n) is 9.05. The number of anilines is 2. The van der Waals surface area contributed by atoms with Crippen molar-refractivity contribution < 1.29 is 0 Å². The van der Waals surface area contributed by atoms with E-state index in [0.717, 1.165) is 56.3 Å². The van der Waals surface area contributed by atoms with Crippen LogP contribution in [0.15, 0.2) is 146 Å². The summed E-state index contributed by atoms with van der Waals surface area (Å²) in [4.78, 5) is 4.30. The van der Waals surface area contributed by atoms with Crippen molar-refractivity contribution in [2.24, 2.45) is 0 Å². The lowest BCUT2D eigenvalue weighted by molar-refractivity contribution is 1.07. The van der Waals surface area contributed by atoms with Gasteiger partial charge in [-0.05, 0) is 72.8 Å². The van der Waals surface area contributed by atoms with Crippen LogP contribution in [-0.4, -0.2) is 47.5 Å². The van der Waals surface area contributed by atoms with Gasteiger partial charge in [0.05, 0.1) is 16.7 Å². The lowest BCUT2D eigenvalue weighted by Gasteiger charge is -2.13. The van der Waals surface area contributed by atoms with Gasteiger partial charge < -0.3 is 14.4 Å². The fraction of sp³-hybridized carbons (Fsp3) is 0.0909. The molecule has 50 heavy (non-hydrogen) atoms. The molecule has 0 fully saturated rings. The Kier molecular flexibility index (Phi) is 7.86. The van der Waals surface area contributed by atoms with E-state index in [1.54, 1.807) is 0 Å². The van der Waals surface area contributed by atoms with E-state index in [2.05, 4.69) is 166 Å². The van der Waals surface area contributed by atoms with E-state index in [1.807, 2.05) is 48.5 Å². The summed E-state index contributed by atoms with van der Waals surface area (Å²) in [5.74, 6) is 8.46. The van der Waals surface area contributed by atoms with Gasteiger partial charge in [0.15, 0.2) is 11.6 Å². The number of benzene rings is 6. The van der Waals surface area contributed by atoms with Crippen LogP contribution in [0, 0.1) is 11.8 Å². The first-order valence-electron chi connectivity index (χ1n) is 16.7. The summed E-state index contributed by atoms with van der Waals surface area (Å²) >= 11 is 0. The molecule has 0 bridgehead atoms. The Morgan fingerprint density at radius 3 is 1.32 bits per heavy atom. The molecule has 0 radical (unpaired) electrons. The van der Waals surface area contributed by atoms with Gasteiger partial charge in [0.1, 0.15) is 0 Å². The highest BCUT2D eigenvalue weighted by Gasteiger charge is 2.18. The summed E-state index contributed by atoms with van der Waals surface area (Å²) in [6, 6.07) is 50.5. The largest absolute Gasteiger partial charge is 0.378 e. The predicted octanol–water partition coefficient (Wildman–Crippen LogP) is 9.23.